The van der Waals surface area contributed by atoms with Gasteiger partial charge in [0.2, 0.25) is 0 Å². The summed E-state index contributed by atoms with van der Waals surface area (Å²) >= 11 is 6.59. The Bertz CT molecular complexity index is 715. The van der Waals surface area contributed by atoms with E-state index in [1.807, 2.05) is 0 Å². The maximum atomic E-state index is 12.6. The molecule has 3 rings (SSSR count). The fraction of sp³-hybridized carbons (Fsp3) is 0.375. The van der Waals surface area contributed by atoms with Crippen molar-refractivity contribution in [2.75, 3.05) is 39.4 Å². The second-order valence-corrected chi connectivity index (χ2v) is 7.31. The highest BCUT2D eigenvalue weighted by atomic mass is 32.2. The van der Waals surface area contributed by atoms with E-state index in [0.717, 1.165) is 38.4 Å². The smallest absolute Gasteiger partial charge is 0.269 e. The number of hydrogen-bond donors (Lipinski definition) is 0. The number of thiocarbonyl (C=S) groups is 1. The third kappa shape index (κ3) is 4.43. The lowest BCUT2D eigenvalue weighted by Crippen LogP contribution is -2.42. The predicted molar refractivity (Wildman–Crippen MR) is 100 cm³/mol. The minimum Gasteiger partial charge on any atom is -0.379 e. The van der Waals surface area contributed by atoms with E-state index in [-0.39, 0.29) is 11.6 Å². The highest BCUT2D eigenvalue weighted by Gasteiger charge is 2.32. The number of benzene rings is 1. The molecule has 0 atom stereocenters. The summed E-state index contributed by atoms with van der Waals surface area (Å²) in [6, 6.07) is 6.09. The van der Waals surface area contributed by atoms with Gasteiger partial charge in [-0.1, -0.05) is 24.0 Å². The number of nitrogens with zero attached hydrogens (tertiary/aromatic N) is 3. The first-order chi connectivity index (χ1) is 12.0. The maximum absolute atomic E-state index is 12.6. The third-order valence-corrected chi connectivity index (χ3v) is 5.40. The van der Waals surface area contributed by atoms with Crippen LogP contribution < -0.4 is 0 Å². The van der Waals surface area contributed by atoms with Crippen molar-refractivity contribution < 1.29 is 14.5 Å². The lowest BCUT2D eigenvalue weighted by molar-refractivity contribution is -0.384. The number of nitro groups is 1. The molecule has 132 valence electrons. The fourth-order valence-corrected chi connectivity index (χ4v) is 3.91. The molecule has 0 aromatic heterocycles. The average molecular weight is 379 g/mol. The lowest BCUT2D eigenvalue weighted by Gasteiger charge is -2.28. The zero-order valence-corrected chi connectivity index (χ0v) is 15.1. The van der Waals surface area contributed by atoms with Crippen LogP contribution in [0.3, 0.4) is 0 Å². The van der Waals surface area contributed by atoms with Gasteiger partial charge in [-0.2, -0.15) is 0 Å². The fourth-order valence-electron chi connectivity index (χ4n) is 2.60. The van der Waals surface area contributed by atoms with Crippen molar-refractivity contribution in [1.29, 1.82) is 0 Å². The van der Waals surface area contributed by atoms with Crippen LogP contribution in [0, 0.1) is 10.1 Å². The van der Waals surface area contributed by atoms with Crippen molar-refractivity contribution >= 4 is 46.0 Å². The number of ether oxygens (including phenoxy) is 1. The standard InChI is InChI=1S/C16H17N3O4S2/c20-15-14(11-12-1-3-13(4-2-12)19(21)22)25-16(24)18(15)6-5-17-7-9-23-10-8-17/h1-4,11H,5-10H2. The monoisotopic (exact) mass is 379 g/mol. The molecule has 9 heteroatoms. The number of morpholine rings is 1. The number of thioether (sulfide) groups is 1. The number of rotatable bonds is 5. The molecule has 7 nitrogen and oxygen atoms in total. The number of carbonyl (C=O) groups is 1. The van der Waals surface area contributed by atoms with Crippen molar-refractivity contribution in [3.05, 3.63) is 44.8 Å². The summed E-state index contributed by atoms with van der Waals surface area (Å²) in [4.78, 5) is 27.2. The van der Waals surface area contributed by atoms with E-state index >= 15 is 0 Å². The molecule has 2 heterocycles. The molecule has 2 saturated heterocycles. The van der Waals surface area contributed by atoms with Crippen LogP contribution in [-0.2, 0) is 9.53 Å². The van der Waals surface area contributed by atoms with Crippen LogP contribution in [0.15, 0.2) is 29.2 Å². The van der Waals surface area contributed by atoms with Gasteiger partial charge in [-0.3, -0.25) is 24.7 Å². The molecular weight excluding hydrogens is 362 g/mol. The van der Waals surface area contributed by atoms with Crippen molar-refractivity contribution in [3.63, 3.8) is 0 Å². The number of amides is 1. The second kappa shape index (κ2) is 8.05. The molecule has 2 aliphatic heterocycles. The van der Waals surface area contributed by atoms with E-state index < -0.39 is 4.92 Å². The first-order valence-electron chi connectivity index (χ1n) is 7.84. The topological polar surface area (TPSA) is 75.9 Å². The van der Waals surface area contributed by atoms with Crippen molar-refractivity contribution in [1.82, 2.24) is 9.80 Å². The van der Waals surface area contributed by atoms with Gasteiger partial charge in [-0.05, 0) is 23.8 Å². The lowest BCUT2D eigenvalue weighted by atomic mass is 10.2. The van der Waals surface area contributed by atoms with E-state index in [1.54, 1.807) is 23.1 Å². The summed E-state index contributed by atoms with van der Waals surface area (Å²) in [5.41, 5.74) is 0.759. The molecule has 0 unspecified atom stereocenters. The van der Waals surface area contributed by atoms with Gasteiger partial charge in [0.25, 0.3) is 11.6 Å². The molecule has 1 aromatic rings. The van der Waals surface area contributed by atoms with Crippen molar-refractivity contribution in [2.45, 2.75) is 0 Å². The minimum atomic E-state index is -0.450. The summed E-state index contributed by atoms with van der Waals surface area (Å²) in [6.45, 7) is 4.50. The van der Waals surface area contributed by atoms with Crippen LogP contribution in [0.25, 0.3) is 6.08 Å². The molecule has 1 amide bonds. The Hall–Kier alpha value is -1.81. The number of hydrogen-bond acceptors (Lipinski definition) is 7. The number of nitro benzene ring substituents is 1. The quantitative estimate of drug-likeness (QED) is 0.336. The molecular formula is C16H17N3O4S2. The Morgan fingerprint density at radius 3 is 2.56 bits per heavy atom. The van der Waals surface area contributed by atoms with Gasteiger partial charge >= 0.3 is 0 Å². The summed E-state index contributed by atoms with van der Waals surface area (Å²) in [6.07, 6.45) is 1.72. The van der Waals surface area contributed by atoms with Crippen LogP contribution in [0.1, 0.15) is 5.56 Å². The van der Waals surface area contributed by atoms with Crippen LogP contribution in [0.4, 0.5) is 5.69 Å². The van der Waals surface area contributed by atoms with Gasteiger partial charge in [-0.25, -0.2) is 0 Å². The van der Waals surface area contributed by atoms with E-state index in [9.17, 15) is 14.9 Å². The zero-order valence-electron chi connectivity index (χ0n) is 13.4. The molecule has 0 aliphatic carbocycles. The molecule has 0 radical (unpaired) electrons. The van der Waals surface area contributed by atoms with E-state index in [2.05, 4.69) is 4.90 Å². The van der Waals surface area contributed by atoms with E-state index in [4.69, 9.17) is 17.0 Å². The van der Waals surface area contributed by atoms with E-state index in [0.29, 0.717) is 15.8 Å². The molecule has 2 aliphatic rings. The molecule has 2 fully saturated rings. The van der Waals surface area contributed by atoms with E-state index in [1.165, 1.54) is 23.9 Å². The number of carbonyl (C=O) groups excluding carboxylic acids is 1. The van der Waals surface area contributed by atoms with Gasteiger partial charge in [-0.15, -0.1) is 0 Å². The highest BCUT2D eigenvalue weighted by molar-refractivity contribution is 8.26. The Morgan fingerprint density at radius 1 is 1.24 bits per heavy atom. The molecule has 1 aromatic carbocycles. The molecule has 25 heavy (non-hydrogen) atoms. The highest BCUT2D eigenvalue weighted by Crippen LogP contribution is 2.32. The van der Waals surface area contributed by atoms with Gasteiger partial charge in [0.1, 0.15) is 4.32 Å². The Morgan fingerprint density at radius 2 is 1.92 bits per heavy atom. The summed E-state index contributed by atoms with van der Waals surface area (Å²) < 4.78 is 5.86. The molecule has 0 saturated carbocycles. The van der Waals surface area contributed by atoms with Crippen molar-refractivity contribution in [2.24, 2.45) is 0 Å². The maximum Gasteiger partial charge on any atom is 0.269 e. The third-order valence-electron chi connectivity index (χ3n) is 4.02. The first-order valence-corrected chi connectivity index (χ1v) is 9.07. The zero-order chi connectivity index (χ0) is 17.8. The first kappa shape index (κ1) is 18.0. The van der Waals surface area contributed by atoms with Crippen molar-refractivity contribution in [3.8, 4) is 0 Å². The van der Waals surface area contributed by atoms with Crippen LogP contribution >= 0.6 is 24.0 Å². The van der Waals surface area contributed by atoms with Gasteiger partial charge in [0.05, 0.1) is 23.0 Å². The summed E-state index contributed by atoms with van der Waals surface area (Å²) in [5.74, 6) is -0.110. The normalized spacial score (nSPS) is 20.5. The van der Waals surface area contributed by atoms with Gasteiger partial charge < -0.3 is 4.74 Å². The van der Waals surface area contributed by atoms with Crippen LogP contribution in [-0.4, -0.2) is 64.3 Å². The summed E-state index contributed by atoms with van der Waals surface area (Å²) in [5, 5.41) is 10.7. The molecule has 0 N–H and O–H groups in total. The predicted octanol–water partition coefficient (Wildman–Crippen LogP) is 2.13. The largest absolute Gasteiger partial charge is 0.379 e. The second-order valence-electron chi connectivity index (χ2n) is 5.64. The Kier molecular flexibility index (Phi) is 5.79. The number of non-ortho nitro benzene ring substituents is 1. The Labute approximate surface area is 154 Å². The summed E-state index contributed by atoms with van der Waals surface area (Å²) in [7, 11) is 0. The van der Waals surface area contributed by atoms with Crippen LogP contribution in [0.2, 0.25) is 0 Å². The van der Waals surface area contributed by atoms with Gasteiger partial charge in [0.15, 0.2) is 0 Å². The average Bonchev–Trinajstić information content (AvgIpc) is 2.88. The molecule has 0 spiro atoms. The Balaban J connectivity index is 1.64. The molecule has 0 bridgehead atoms. The SMILES string of the molecule is O=C1C(=Cc2ccc([N+](=O)[O-])cc2)SC(=S)N1CCN1CCOCC1. The minimum absolute atomic E-state index is 0.0233. The van der Waals surface area contributed by atoms with Gasteiger partial charge in [0, 0.05) is 38.3 Å². The van der Waals surface area contributed by atoms with Crippen LogP contribution in [0.5, 0.6) is 0 Å².